The van der Waals surface area contributed by atoms with E-state index in [0.717, 1.165) is 19.3 Å². The fourth-order valence-electron chi connectivity index (χ4n) is 4.67. The zero-order chi connectivity index (χ0) is 27.4. The molecule has 1 atom stereocenters. The molecule has 38 heavy (non-hydrogen) atoms. The summed E-state index contributed by atoms with van der Waals surface area (Å²) in [6.45, 7) is 1.67. The number of hydrogen-bond acceptors (Lipinski definition) is 4. The molecule has 0 aliphatic heterocycles. The molecular weight excluding hydrogens is 514 g/mol. The Morgan fingerprint density at radius 1 is 1.21 bits per heavy atom. The van der Waals surface area contributed by atoms with Crippen molar-refractivity contribution in [2.24, 2.45) is 7.05 Å². The molecule has 1 saturated carbocycles. The summed E-state index contributed by atoms with van der Waals surface area (Å²) in [5.41, 5.74) is -1.09. The molecule has 4 aromatic rings. The van der Waals surface area contributed by atoms with Gasteiger partial charge in [-0.05, 0) is 44.0 Å². The molecule has 0 aromatic carbocycles. The normalized spacial score (nSPS) is 14.9. The largest absolute Gasteiger partial charge is 0.417 e. The monoisotopic (exact) mass is 536 g/mol. The van der Waals surface area contributed by atoms with Crippen LogP contribution in [0.15, 0.2) is 42.9 Å². The molecule has 200 valence electrons. The topological polar surface area (TPSA) is 68.3 Å². The minimum atomic E-state index is -4.58. The second-order valence-corrected chi connectivity index (χ2v) is 9.26. The molecule has 1 aliphatic rings. The van der Waals surface area contributed by atoms with Crippen LogP contribution in [0.3, 0.4) is 0 Å². The summed E-state index contributed by atoms with van der Waals surface area (Å²) in [7, 11) is 1.13. The van der Waals surface area contributed by atoms with E-state index in [4.69, 9.17) is 0 Å². The number of hydrogen-bond donors (Lipinski definition) is 0. The van der Waals surface area contributed by atoms with Crippen molar-refractivity contribution < 1.29 is 31.1 Å². The molecule has 0 bridgehead atoms. The van der Waals surface area contributed by atoms with Crippen LogP contribution in [0.2, 0.25) is 0 Å². The van der Waals surface area contributed by atoms with E-state index in [0.29, 0.717) is 34.5 Å². The number of aromatic nitrogens is 5. The Kier molecular flexibility index (Phi) is 6.40. The van der Waals surface area contributed by atoms with Crippen LogP contribution in [0, 0.1) is 5.95 Å². The summed E-state index contributed by atoms with van der Waals surface area (Å²) in [4.78, 5) is 23.4. The van der Waals surface area contributed by atoms with Gasteiger partial charge in [-0.2, -0.15) is 22.7 Å². The number of nitrogens with zero attached hydrogens (tertiary/aromatic N) is 6. The van der Waals surface area contributed by atoms with Crippen molar-refractivity contribution in [3.8, 4) is 11.3 Å². The standard InChI is InChI=1S/C25H22F6N6O/c1-13(37(16-6-7-16)24(38)19-20(22(26)27)34-35(2)23(19)28)10-17-21(14-4-3-9-32-11-14)36-12-15(25(29,30)31)5-8-18(36)33-17/h3-5,8-9,11-13,16,22H,6-7,10H2,1-2H3. The molecule has 1 aliphatic carbocycles. The van der Waals surface area contributed by atoms with Gasteiger partial charge in [0.15, 0.2) is 0 Å². The third-order valence-corrected chi connectivity index (χ3v) is 6.52. The van der Waals surface area contributed by atoms with Crippen molar-refractivity contribution in [2.75, 3.05) is 0 Å². The van der Waals surface area contributed by atoms with E-state index in [1.807, 2.05) is 0 Å². The zero-order valence-electron chi connectivity index (χ0n) is 20.3. The average Bonchev–Trinajstić information content (AvgIpc) is 3.55. The molecule has 1 fully saturated rings. The van der Waals surface area contributed by atoms with Crippen molar-refractivity contribution in [3.05, 3.63) is 71.3 Å². The van der Waals surface area contributed by atoms with Gasteiger partial charge in [-0.25, -0.2) is 18.4 Å². The fourth-order valence-corrected chi connectivity index (χ4v) is 4.67. The predicted molar refractivity (Wildman–Crippen MR) is 124 cm³/mol. The minimum absolute atomic E-state index is 0.0708. The van der Waals surface area contributed by atoms with Gasteiger partial charge in [0.2, 0.25) is 5.95 Å². The maximum atomic E-state index is 14.7. The highest BCUT2D eigenvalue weighted by Crippen LogP contribution is 2.36. The Bertz CT molecular complexity index is 1490. The smallest absolute Gasteiger partial charge is 0.332 e. The van der Waals surface area contributed by atoms with Crippen LogP contribution in [0.4, 0.5) is 26.3 Å². The average molecular weight is 536 g/mol. The van der Waals surface area contributed by atoms with Gasteiger partial charge < -0.3 is 4.90 Å². The second-order valence-electron chi connectivity index (χ2n) is 9.26. The van der Waals surface area contributed by atoms with Crippen LogP contribution >= 0.6 is 0 Å². The lowest BCUT2D eigenvalue weighted by Crippen LogP contribution is -2.42. The molecule has 4 heterocycles. The highest BCUT2D eigenvalue weighted by molar-refractivity contribution is 5.96. The number of pyridine rings is 2. The molecule has 0 spiro atoms. The summed E-state index contributed by atoms with van der Waals surface area (Å²) in [5, 5.41) is 3.48. The number of rotatable bonds is 7. The van der Waals surface area contributed by atoms with E-state index in [1.165, 1.54) is 27.8 Å². The van der Waals surface area contributed by atoms with Crippen LogP contribution < -0.4 is 0 Å². The SMILES string of the molecule is CC(Cc1nc2ccc(C(F)(F)F)cn2c1-c1cccnc1)N(C(=O)c1c(C(F)F)nn(C)c1F)C1CC1. The van der Waals surface area contributed by atoms with E-state index < -0.39 is 47.3 Å². The summed E-state index contributed by atoms with van der Waals surface area (Å²) < 4.78 is 84.2. The molecule has 4 aromatic heterocycles. The number of halogens is 6. The maximum absolute atomic E-state index is 14.7. The van der Waals surface area contributed by atoms with Crippen molar-refractivity contribution >= 4 is 11.6 Å². The number of fused-ring (bicyclic) bond motifs is 1. The van der Waals surface area contributed by atoms with Gasteiger partial charge in [0.05, 0.1) is 17.0 Å². The van der Waals surface area contributed by atoms with Crippen LogP contribution in [-0.2, 0) is 19.6 Å². The lowest BCUT2D eigenvalue weighted by atomic mass is 10.0. The van der Waals surface area contributed by atoms with Crippen LogP contribution in [0.1, 0.15) is 53.5 Å². The Hall–Kier alpha value is -3.90. The minimum Gasteiger partial charge on any atom is -0.332 e. The van der Waals surface area contributed by atoms with Gasteiger partial charge in [0, 0.05) is 49.7 Å². The molecule has 1 unspecified atom stereocenters. The van der Waals surface area contributed by atoms with E-state index >= 15 is 0 Å². The van der Waals surface area contributed by atoms with E-state index in [2.05, 4.69) is 15.1 Å². The molecule has 7 nitrogen and oxygen atoms in total. The summed E-state index contributed by atoms with van der Waals surface area (Å²) >= 11 is 0. The Balaban J connectivity index is 1.57. The van der Waals surface area contributed by atoms with Crippen molar-refractivity contribution in [1.29, 1.82) is 0 Å². The first-order valence-electron chi connectivity index (χ1n) is 11.8. The van der Waals surface area contributed by atoms with Gasteiger partial charge in [-0.15, -0.1) is 0 Å². The van der Waals surface area contributed by atoms with Crippen LogP contribution in [-0.4, -0.2) is 47.0 Å². The number of imidazole rings is 1. The second kappa shape index (κ2) is 9.44. The first kappa shape index (κ1) is 25.7. The summed E-state index contributed by atoms with van der Waals surface area (Å²) in [6.07, 6.45) is -2.49. The zero-order valence-corrected chi connectivity index (χ0v) is 20.3. The highest BCUT2D eigenvalue weighted by atomic mass is 19.4. The molecule has 0 saturated heterocycles. The number of carbonyl (C=O) groups excluding carboxylic acids is 1. The third-order valence-electron chi connectivity index (χ3n) is 6.52. The third kappa shape index (κ3) is 4.61. The number of carbonyl (C=O) groups is 1. The van der Waals surface area contributed by atoms with Gasteiger partial charge in [-0.3, -0.25) is 14.2 Å². The van der Waals surface area contributed by atoms with Crippen molar-refractivity contribution in [1.82, 2.24) is 29.0 Å². The summed E-state index contributed by atoms with van der Waals surface area (Å²) in [5.74, 6) is -2.07. The van der Waals surface area contributed by atoms with E-state index in [1.54, 1.807) is 19.1 Å². The molecule has 0 N–H and O–H groups in total. The molecule has 0 radical (unpaired) electrons. The predicted octanol–water partition coefficient (Wildman–Crippen LogP) is 5.46. The Labute approximate surface area is 212 Å². The molecule has 13 heteroatoms. The van der Waals surface area contributed by atoms with Gasteiger partial charge in [0.1, 0.15) is 16.9 Å². The fraction of sp³-hybridized carbons (Fsp3) is 0.360. The Morgan fingerprint density at radius 2 is 1.95 bits per heavy atom. The quantitative estimate of drug-likeness (QED) is 0.294. The summed E-state index contributed by atoms with van der Waals surface area (Å²) in [6, 6.07) is 4.54. The lowest BCUT2D eigenvalue weighted by molar-refractivity contribution is -0.137. The molecule has 1 amide bonds. The van der Waals surface area contributed by atoms with Crippen molar-refractivity contribution in [2.45, 2.75) is 50.9 Å². The first-order chi connectivity index (χ1) is 18.0. The van der Waals surface area contributed by atoms with E-state index in [9.17, 15) is 31.1 Å². The number of alkyl halides is 5. The van der Waals surface area contributed by atoms with Gasteiger partial charge >= 0.3 is 6.18 Å². The van der Waals surface area contributed by atoms with Gasteiger partial charge in [-0.1, -0.05) is 0 Å². The molecular formula is C25H22F6N6O. The van der Waals surface area contributed by atoms with Crippen LogP contribution in [0.5, 0.6) is 0 Å². The van der Waals surface area contributed by atoms with Gasteiger partial charge in [0.25, 0.3) is 12.3 Å². The highest BCUT2D eigenvalue weighted by Gasteiger charge is 2.41. The van der Waals surface area contributed by atoms with Crippen molar-refractivity contribution in [3.63, 3.8) is 0 Å². The molecule has 5 rings (SSSR count). The maximum Gasteiger partial charge on any atom is 0.417 e. The van der Waals surface area contributed by atoms with E-state index in [-0.39, 0.29) is 18.1 Å². The number of aryl methyl sites for hydroxylation is 1. The first-order valence-corrected chi connectivity index (χ1v) is 11.8. The number of amides is 1. The lowest BCUT2D eigenvalue weighted by Gasteiger charge is -2.29. The Morgan fingerprint density at radius 3 is 2.55 bits per heavy atom. The van der Waals surface area contributed by atoms with Crippen LogP contribution in [0.25, 0.3) is 16.9 Å².